The average Bonchev–Trinajstić information content (AvgIpc) is 3.24. The first-order chi connectivity index (χ1) is 13.3. The molecule has 0 aliphatic carbocycles. The standard InChI is InChI=1S/C22H28N2O3/c1-2-19(17-9-4-3-5-10-17)24-22(25)15-23-20-12-6-7-13-21(20)27-16-18-11-8-14-26-18/h3-7,9-10,12-13,18-19,23H,2,8,11,14-16H2,1H3,(H,24,25). The molecule has 1 saturated heterocycles. The van der Waals surface area contributed by atoms with Crippen LogP contribution in [-0.2, 0) is 9.53 Å². The van der Waals surface area contributed by atoms with E-state index in [1.807, 2.05) is 54.6 Å². The predicted octanol–water partition coefficient (Wildman–Crippen LogP) is 3.92. The molecule has 2 aromatic carbocycles. The second kappa shape index (κ2) is 9.97. The van der Waals surface area contributed by atoms with Gasteiger partial charge < -0.3 is 20.1 Å². The van der Waals surface area contributed by atoms with Crippen molar-refractivity contribution in [1.82, 2.24) is 5.32 Å². The molecule has 1 aliphatic heterocycles. The monoisotopic (exact) mass is 368 g/mol. The SMILES string of the molecule is CCC(NC(=O)CNc1ccccc1OCC1CCCO1)c1ccccc1. The van der Waals surface area contributed by atoms with Gasteiger partial charge in [0.2, 0.25) is 5.91 Å². The first-order valence-corrected chi connectivity index (χ1v) is 9.68. The number of carbonyl (C=O) groups excluding carboxylic acids is 1. The van der Waals surface area contributed by atoms with Crippen LogP contribution in [0.25, 0.3) is 0 Å². The highest BCUT2D eigenvalue weighted by Gasteiger charge is 2.17. The quantitative estimate of drug-likeness (QED) is 0.704. The fraction of sp³-hybridized carbons (Fsp3) is 0.409. The van der Waals surface area contributed by atoms with Gasteiger partial charge in [-0.05, 0) is 37.0 Å². The molecular formula is C22H28N2O3. The molecule has 0 aromatic heterocycles. The lowest BCUT2D eigenvalue weighted by atomic mass is 10.0. The van der Waals surface area contributed by atoms with Crippen LogP contribution in [0.1, 0.15) is 37.8 Å². The molecule has 1 fully saturated rings. The van der Waals surface area contributed by atoms with Crippen molar-refractivity contribution in [3.8, 4) is 5.75 Å². The van der Waals surface area contributed by atoms with Crippen LogP contribution in [-0.4, -0.2) is 31.8 Å². The zero-order valence-corrected chi connectivity index (χ0v) is 15.8. The van der Waals surface area contributed by atoms with Crippen LogP contribution in [0.4, 0.5) is 5.69 Å². The van der Waals surface area contributed by atoms with E-state index in [4.69, 9.17) is 9.47 Å². The Morgan fingerprint density at radius 3 is 2.70 bits per heavy atom. The van der Waals surface area contributed by atoms with Gasteiger partial charge in [0.05, 0.1) is 24.4 Å². The van der Waals surface area contributed by atoms with Gasteiger partial charge in [0.15, 0.2) is 0 Å². The Bertz CT molecular complexity index is 715. The summed E-state index contributed by atoms with van der Waals surface area (Å²) in [7, 11) is 0. The molecular weight excluding hydrogens is 340 g/mol. The number of benzene rings is 2. The Balaban J connectivity index is 1.52. The van der Waals surface area contributed by atoms with E-state index in [0.29, 0.717) is 6.61 Å². The normalized spacial score (nSPS) is 17.3. The van der Waals surface area contributed by atoms with Gasteiger partial charge in [0.1, 0.15) is 12.4 Å². The summed E-state index contributed by atoms with van der Waals surface area (Å²) in [5.41, 5.74) is 1.94. The first kappa shape index (κ1) is 19.2. The van der Waals surface area contributed by atoms with E-state index >= 15 is 0 Å². The molecule has 2 N–H and O–H groups in total. The molecule has 5 heteroatoms. The van der Waals surface area contributed by atoms with E-state index < -0.39 is 0 Å². The number of hydrogen-bond donors (Lipinski definition) is 2. The number of rotatable bonds is 9. The molecule has 0 spiro atoms. The summed E-state index contributed by atoms with van der Waals surface area (Å²) >= 11 is 0. The average molecular weight is 368 g/mol. The summed E-state index contributed by atoms with van der Waals surface area (Å²) in [6.07, 6.45) is 3.14. The Morgan fingerprint density at radius 2 is 1.96 bits per heavy atom. The van der Waals surface area contributed by atoms with Crippen molar-refractivity contribution in [2.75, 3.05) is 25.1 Å². The Morgan fingerprint density at radius 1 is 1.19 bits per heavy atom. The molecule has 2 aromatic rings. The van der Waals surface area contributed by atoms with Gasteiger partial charge in [0.25, 0.3) is 0 Å². The minimum absolute atomic E-state index is 0.0199. The smallest absolute Gasteiger partial charge is 0.239 e. The number of hydrogen-bond acceptors (Lipinski definition) is 4. The van der Waals surface area contributed by atoms with Gasteiger partial charge >= 0.3 is 0 Å². The number of para-hydroxylation sites is 2. The number of amides is 1. The van der Waals surface area contributed by atoms with Crippen LogP contribution in [0.2, 0.25) is 0 Å². The largest absolute Gasteiger partial charge is 0.489 e. The van der Waals surface area contributed by atoms with Gasteiger partial charge in [-0.15, -0.1) is 0 Å². The molecule has 144 valence electrons. The maximum absolute atomic E-state index is 12.4. The highest BCUT2D eigenvalue weighted by atomic mass is 16.5. The lowest BCUT2D eigenvalue weighted by molar-refractivity contribution is -0.120. The van der Waals surface area contributed by atoms with Crippen molar-refractivity contribution in [1.29, 1.82) is 0 Å². The summed E-state index contributed by atoms with van der Waals surface area (Å²) in [4.78, 5) is 12.4. The third-order valence-electron chi connectivity index (χ3n) is 4.72. The second-order valence-electron chi connectivity index (χ2n) is 6.73. The number of ether oxygens (including phenoxy) is 2. The van der Waals surface area contributed by atoms with E-state index in [2.05, 4.69) is 17.6 Å². The predicted molar refractivity (Wildman–Crippen MR) is 107 cm³/mol. The molecule has 0 radical (unpaired) electrons. The van der Waals surface area contributed by atoms with Crippen molar-refractivity contribution >= 4 is 11.6 Å². The second-order valence-corrected chi connectivity index (χ2v) is 6.73. The van der Waals surface area contributed by atoms with E-state index in [1.165, 1.54) is 0 Å². The molecule has 1 heterocycles. The lowest BCUT2D eigenvalue weighted by Crippen LogP contribution is -2.33. The van der Waals surface area contributed by atoms with Crippen molar-refractivity contribution < 1.29 is 14.3 Å². The molecule has 2 atom stereocenters. The van der Waals surface area contributed by atoms with Crippen LogP contribution in [0.3, 0.4) is 0 Å². The third-order valence-corrected chi connectivity index (χ3v) is 4.72. The van der Waals surface area contributed by atoms with Gasteiger partial charge in [-0.1, -0.05) is 49.4 Å². The third kappa shape index (κ3) is 5.73. The zero-order chi connectivity index (χ0) is 18.9. The summed E-state index contributed by atoms with van der Waals surface area (Å²) in [5, 5.41) is 6.28. The summed E-state index contributed by atoms with van der Waals surface area (Å²) < 4.78 is 11.5. The van der Waals surface area contributed by atoms with Crippen LogP contribution in [0, 0.1) is 0 Å². The van der Waals surface area contributed by atoms with Crippen LogP contribution < -0.4 is 15.4 Å². The van der Waals surface area contributed by atoms with Crippen molar-refractivity contribution in [3.63, 3.8) is 0 Å². The number of nitrogens with one attached hydrogen (secondary N) is 2. The lowest BCUT2D eigenvalue weighted by Gasteiger charge is -2.19. The van der Waals surface area contributed by atoms with Gasteiger partial charge in [-0.3, -0.25) is 4.79 Å². The topological polar surface area (TPSA) is 59.6 Å². The summed E-state index contributed by atoms with van der Waals surface area (Å²) in [6, 6.07) is 17.7. The minimum atomic E-state index is -0.0420. The van der Waals surface area contributed by atoms with Crippen molar-refractivity contribution in [2.45, 2.75) is 38.3 Å². The zero-order valence-electron chi connectivity index (χ0n) is 15.8. The van der Waals surface area contributed by atoms with Gasteiger partial charge in [0, 0.05) is 6.61 Å². The summed E-state index contributed by atoms with van der Waals surface area (Å²) in [5.74, 6) is 0.704. The number of anilines is 1. The molecule has 1 aliphatic rings. The Hall–Kier alpha value is -2.53. The van der Waals surface area contributed by atoms with Gasteiger partial charge in [-0.25, -0.2) is 0 Å². The Labute approximate surface area is 161 Å². The van der Waals surface area contributed by atoms with E-state index in [-0.39, 0.29) is 24.6 Å². The first-order valence-electron chi connectivity index (χ1n) is 9.68. The van der Waals surface area contributed by atoms with E-state index in [0.717, 1.165) is 42.9 Å². The highest BCUT2D eigenvalue weighted by molar-refractivity contribution is 5.81. The Kier molecular flexibility index (Phi) is 7.11. The molecule has 3 rings (SSSR count). The molecule has 5 nitrogen and oxygen atoms in total. The fourth-order valence-electron chi connectivity index (χ4n) is 3.22. The summed E-state index contributed by atoms with van der Waals surface area (Å²) in [6.45, 7) is 3.62. The molecule has 27 heavy (non-hydrogen) atoms. The van der Waals surface area contributed by atoms with E-state index in [9.17, 15) is 4.79 Å². The highest BCUT2D eigenvalue weighted by Crippen LogP contribution is 2.25. The van der Waals surface area contributed by atoms with Gasteiger partial charge in [-0.2, -0.15) is 0 Å². The fourth-order valence-corrected chi connectivity index (χ4v) is 3.22. The van der Waals surface area contributed by atoms with E-state index in [1.54, 1.807) is 0 Å². The molecule has 0 saturated carbocycles. The molecule has 2 unspecified atom stereocenters. The minimum Gasteiger partial charge on any atom is -0.489 e. The maximum Gasteiger partial charge on any atom is 0.239 e. The maximum atomic E-state index is 12.4. The van der Waals surface area contributed by atoms with Crippen LogP contribution in [0.15, 0.2) is 54.6 Å². The molecule has 0 bridgehead atoms. The van der Waals surface area contributed by atoms with Crippen molar-refractivity contribution in [3.05, 3.63) is 60.2 Å². The van der Waals surface area contributed by atoms with Crippen molar-refractivity contribution in [2.24, 2.45) is 0 Å². The van der Waals surface area contributed by atoms with Crippen LogP contribution >= 0.6 is 0 Å². The van der Waals surface area contributed by atoms with Crippen LogP contribution in [0.5, 0.6) is 5.75 Å². The molecule has 1 amide bonds. The number of carbonyl (C=O) groups is 1.